The quantitative estimate of drug-likeness (QED) is 0.132. The summed E-state index contributed by atoms with van der Waals surface area (Å²) in [5.41, 5.74) is 3.90. The van der Waals surface area contributed by atoms with E-state index in [2.05, 4.69) is 41.1 Å². The first-order chi connectivity index (χ1) is 27.1. The molecule has 57 heavy (non-hydrogen) atoms. The van der Waals surface area contributed by atoms with Crippen LogP contribution in [0.4, 0.5) is 18.9 Å². The third kappa shape index (κ3) is 11.1. The van der Waals surface area contributed by atoms with Crippen molar-refractivity contribution < 1.29 is 47.3 Å². The van der Waals surface area contributed by atoms with Gasteiger partial charge in [0.1, 0.15) is 11.4 Å². The fourth-order valence-electron chi connectivity index (χ4n) is 6.23. The predicted octanol–water partition coefficient (Wildman–Crippen LogP) is 7.28. The third-order valence-electron chi connectivity index (χ3n) is 9.32. The zero-order chi connectivity index (χ0) is 41.3. The maximum atomic E-state index is 13.6. The number of benzene rings is 3. The van der Waals surface area contributed by atoms with Gasteiger partial charge in [-0.15, -0.1) is 0 Å². The lowest BCUT2D eigenvalue weighted by molar-refractivity contribution is -0.137. The largest absolute Gasteiger partial charge is 0.478 e. The predicted molar refractivity (Wildman–Crippen MR) is 207 cm³/mol. The third-order valence-corrected chi connectivity index (χ3v) is 9.32. The van der Waals surface area contributed by atoms with Gasteiger partial charge in [0.25, 0.3) is 11.8 Å². The second kappa shape index (κ2) is 18.4. The summed E-state index contributed by atoms with van der Waals surface area (Å²) in [5.74, 6) is -2.17. The number of rotatable bonds is 11. The summed E-state index contributed by atoms with van der Waals surface area (Å²) < 4.78 is 46.6. The van der Waals surface area contributed by atoms with Gasteiger partial charge in [0.05, 0.1) is 17.4 Å². The van der Waals surface area contributed by atoms with Crippen molar-refractivity contribution in [3.63, 3.8) is 0 Å². The number of carboxylic acid groups (broad SMARTS) is 2. The van der Waals surface area contributed by atoms with Gasteiger partial charge >= 0.3 is 18.1 Å². The molecule has 1 fully saturated rings. The molecule has 3 heterocycles. The van der Waals surface area contributed by atoms with Crippen molar-refractivity contribution in [3.05, 3.63) is 131 Å². The summed E-state index contributed by atoms with van der Waals surface area (Å²) in [6.45, 7) is 6.02. The SMILES string of the molecule is CCCc1ccc(CN2CCN(C(=O)c3cc4cc(Oc5ccc(N(C)C(=O)c6ccc(C(F)(F)F)cc6)cn5)ccc4n3C)CC2)cc1.O=C(O)/C=C\C(=O)O. The van der Waals surface area contributed by atoms with Crippen LogP contribution in [0.15, 0.2) is 103 Å². The molecule has 6 rings (SSSR count). The molecular formula is C42H42F3N5O7. The van der Waals surface area contributed by atoms with Crippen molar-refractivity contribution in [1.29, 1.82) is 0 Å². The number of aryl methyl sites for hydroxylation is 2. The zero-order valence-electron chi connectivity index (χ0n) is 31.6. The first-order valence-electron chi connectivity index (χ1n) is 18.0. The van der Waals surface area contributed by atoms with Crippen LogP contribution in [0.25, 0.3) is 10.9 Å². The number of hydrogen-bond acceptors (Lipinski definition) is 7. The number of aliphatic carboxylic acids is 2. The molecule has 15 heteroatoms. The van der Waals surface area contributed by atoms with E-state index >= 15 is 0 Å². The molecule has 1 aliphatic heterocycles. The normalized spacial score (nSPS) is 13.3. The second-order valence-corrected chi connectivity index (χ2v) is 13.3. The highest BCUT2D eigenvalue weighted by Gasteiger charge is 2.30. The van der Waals surface area contributed by atoms with Crippen molar-refractivity contribution in [1.82, 2.24) is 19.4 Å². The smallest absolute Gasteiger partial charge is 0.416 e. The van der Waals surface area contributed by atoms with E-state index in [4.69, 9.17) is 14.9 Å². The van der Waals surface area contributed by atoms with Gasteiger partial charge in [-0.05, 0) is 72.1 Å². The van der Waals surface area contributed by atoms with Crippen LogP contribution < -0.4 is 9.64 Å². The van der Waals surface area contributed by atoms with Gasteiger partial charge in [0, 0.05) is 81.5 Å². The van der Waals surface area contributed by atoms with Gasteiger partial charge in [0.15, 0.2) is 0 Å². The lowest BCUT2D eigenvalue weighted by Gasteiger charge is -2.34. The van der Waals surface area contributed by atoms with Gasteiger partial charge < -0.3 is 29.3 Å². The number of hydrogen-bond donors (Lipinski definition) is 2. The average Bonchev–Trinajstić information content (AvgIpc) is 3.52. The number of nitrogens with zero attached hydrogens (tertiary/aromatic N) is 5. The Morgan fingerprint density at radius 1 is 0.842 bits per heavy atom. The number of pyridine rings is 1. The summed E-state index contributed by atoms with van der Waals surface area (Å²) in [6, 6.07) is 23.6. The molecule has 298 valence electrons. The minimum absolute atomic E-state index is 0.00282. The highest BCUT2D eigenvalue weighted by atomic mass is 19.4. The molecule has 0 aliphatic carbocycles. The van der Waals surface area contributed by atoms with Crippen LogP contribution in [0.2, 0.25) is 0 Å². The topological polar surface area (TPSA) is 146 Å². The molecule has 1 saturated heterocycles. The minimum Gasteiger partial charge on any atom is -0.478 e. The van der Waals surface area contributed by atoms with E-state index in [0.29, 0.717) is 48.3 Å². The van der Waals surface area contributed by atoms with Crippen LogP contribution in [-0.2, 0) is 35.8 Å². The Labute approximate surface area is 327 Å². The molecule has 1 aliphatic rings. The molecular weight excluding hydrogens is 743 g/mol. The van der Waals surface area contributed by atoms with Crippen LogP contribution >= 0.6 is 0 Å². The van der Waals surface area contributed by atoms with E-state index in [1.807, 2.05) is 34.7 Å². The average molecular weight is 786 g/mol. The lowest BCUT2D eigenvalue weighted by Crippen LogP contribution is -2.48. The van der Waals surface area contributed by atoms with Gasteiger partial charge in [-0.3, -0.25) is 14.5 Å². The van der Waals surface area contributed by atoms with E-state index in [-0.39, 0.29) is 11.5 Å². The Hall–Kier alpha value is -6.48. The zero-order valence-corrected chi connectivity index (χ0v) is 31.6. The number of ether oxygens (including phenoxy) is 1. The van der Waals surface area contributed by atoms with E-state index in [0.717, 1.165) is 67.6 Å². The Balaban J connectivity index is 0.000000701. The van der Waals surface area contributed by atoms with Gasteiger partial charge in [-0.2, -0.15) is 13.2 Å². The summed E-state index contributed by atoms with van der Waals surface area (Å²) >= 11 is 0. The summed E-state index contributed by atoms with van der Waals surface area (Å²) in [4.78, 5) is 55.5. The fourth-order valence-corrected chi connectivity index (χ4v) is 6.23. The molecule has 0 saturated carbocycles. The molecule has 2 aromatic heterocycles. The number of halogens is 3. The number of alkyl halides is 3. The molecule has 3 aromatic carbocycles. The molecule has 0 spiro atoms. The van der Waals surface area contributed by atoms with E-state index in [1.54, 1.807) is 18.2 Å². The van der Waals surface area contributed by atoms with Crippen molar-refractivity contribution in [3.8, 4) is 11.6 Å². The van der Waals surface area contributed by atoms with Crippen molar-refractivity contribution in [2.24, 2.45) is 7.05 Å². The molecule has 2 N–H and O–H groups in total. The van der Waals surface area contributed by atoms with E-state index in [1.165, 1.54) is 29.3 Å². The molecule has 2 amide bonds. The minimum atomic E-state index is -4.48. The highest BCUT2D eigenvalue weighted by Crippen LogP contribution is 2.31. The number of fused-ring (bicyclic) bond motifs is 1. The van der Waals surface area contributed by atoms with Gasteiger partial charge in [-0.25, -0.2) is 14.6 Å². The Morgan fingerprint density at radius 2 is 1.47 bits per heavy atom. The summed E-state index contributed by atoms with van der Waals surface area (Å²) in [5, 5.41) is 16.5. The number of carbonyl (C=O) groups excluding carboxylic acids is 2. The van der Waals surface area contributed by atoms with Crippen molar-refractivity contribution >= 4 is 40.3 Å². The number of carboxylic acids is 2. The van der Waals surface area contributed by atoms with E-state index in [9.17, 15) is 32.3 Å². The molecule has 0 radical (unpaired) electrons. The maximum Gasteiger partial charge on any atom is 0.416 e. The molecule has 12 nitrogen and oxygen atoms in total. The van der Waals surface area contributed by atoms with Crippen molar-refractivity contribution in [2.45, 2.75) is 32.5 Å². The number of carbonyl (C=O) groups is 4. The highest BCUT2D eigenvalue weighted by molar-refractivity contribution is 6.05. The van der Waals surface area contributed by atoms with E-state index < -0.39 is 29.6 Å². The molecule has 0 unspecified atom stereocenters. The Kier molecular flexibility index (Phi) is 13.5. The first kappa shape index (κ1) is 41.7. The summed E-state index contributed by atoms with van der Waals surface area (Å²) in [6.07, 6.45) is 0.329. The first-order valence-corrected chi connectivity index (χ1v) is 18.0. The Morgan fingerprint density at radius 3 is 2.04 bits per heavy atom. The van der Waals surface area contributed by atoms with Crippen LogP contribution in [0.1, 0.15) is 50.9 Å². The van der Waals surface area contributed by atoms with Crippen LogP contribution in [0.3, 0.4) is 0 Å². The van der Waals surface area contributed by atoms with Crippen molar-refractivity contribution in [2.75, 3.05) is 38.1 Å². The number of amides is 2. The standard InChI is InChI=1S/C38H38F3N5O3.C4H4O4/c1-4-5-26-6-8-27(9-7-26)25-45-18-20-46(21-19-45)37(48)34-23-29-22-32(15-16-33(29)44(34)3)49-35-17-14-31(24-42-35)43(2)36(47)28-10-12-30(13-11-28)38(39,40)41;5-3(6)1-2-4(7)8/h6-17,22-24H,4-5,18-21,25H2,1-3H3;1-2H,(H,5,6)(H,7,8)/b;2-1-. The second-order valence-electron chi connectivity index (χ2n) is 13.3. The van der Waals surface area contributed by atoms with Crippen LogP contribution in [0, 0.1) is 0 Å². The summed E-state index contributed by atoms with van der Waals surface area (Å²) in [7, 11) is 3.41. The fraction of sp³-hybridized carbons (Fsp3) is 0.262. The monoisotopic (exact) mass is 785 g/mol. The Bertz CT molecular complexity index is 2210. The molecule has 5 aromatic rings. The number of piperazine rings is 1. The maximum absolute atomic E-state index is 13.6. The number of aromatic nitrogens is 2. The van der Waals surface area contributed by atoms with Crippen LogP contribution in [0.5, 0.6) is 11.6 Å². The van der Waals surface area contributed by atoms with Crippen LogP contribution in [-0.4, -0.2) is 86.5 Å². The molecule has 0 atom stereocenters. The van der Waals surface area contributed by atoms with Gasteiger partial charge in [-0.1, -0.05) is 37.6 Å². The number of anilines is 1. The van der Waals surface area contributed by atoms with Gasteiger partial charge in [0.2, 0.25) is 5.88 Å². The lowest BCUT2D eigenvalue weighted by atomic mass is 10.1. The molecule has 0 bridgehead atoms.